The number of alkyl halides is 6. The second-order valence-electron chi connectivity index (χ2n) is 4.65. The van der Waals surface area contributed by atoms with Crippen LogP contribution in [-0.4, -0.2) is 38.3 Å². The lowest BCUT2D eigenvalue weighted by atomic mass is 10.1. The van der Waals surface area contributed by atoms with Crippen LogP contribution in [0.2, 0.25) is 0 Å². The third kappa shape index (κ3) is 3.93. The Morgan fingerprint density at radius 3 is 1.39 bits per heavy atom. The largest absolute Gasteiger partial charge is 0.471 e. The Morgan fingerprint density at radius 1 is 0.826 bits per heavy atom. The molecule has 1 rings (SSSR count). The van der Waals surface area contributed by atoms with Crippen molar-refractivity contribution < 1.29 is 35.9 Å². The van der Waals surface area contributed by atoms with Crippen molar-refractivity contribution in [1.29, 1.82) is 0 Å². The highest BCUT2D eigenvalue weighted by Gasteiger charge is 2.43. The number of carbonyl (C=O) groups is 2. The molecule has 10 heteroatoms. The van der Waals surface area contributed by atoms with Crippen LogP contribution in [0.5, 0.6) is 0 Å². The van der Waals surface area contributed by atoms with Gasteiger partial charge in [0.25, 0.3) is 0 Å². The van der Waals surface area contributed by atoms with E-state index in [1.165, 1.54) is 6.92 Å². The van der Waals surface area contributed by atoms with Crippen molar-refractivity contribution in [2.24, 2.45) is 0 Å². The molecule has 4 nitrogen and oxygen atoms in total. The van der Waals surface area contributed by atoms with Crippen molar-refractivity contribution in [3.8, 4) is 0 Å². The molecule has 23 heavy (non-hydrogen) atoms. The molecule has 0 spiro atoms. The zero-order chi connectivity index (χ0) is 18.2. The molecule has 1 aromatic rings. The van der Waals surface area contributed by atoms with Gasteiger partial charge in [-0.2, -0.15) is 26.3 Å². The minimum absolute atomic E-state index is 0.0762. The molecular formula is C13H12F6N2O2. The Kier molecular flexibility index (Phi) is 4.97. The lowest BCUT2D eigenvalue weighted by Gasteiger charge is -2.25. The molecule has 0 aliphatic heterocycles. The normalized spacial score (nSPS) is 12.0. The Balaban J connectivity index is 3.28. The molecule has 0 aliphatic carbocycles. The Labute approximate surface area is 127 Å². The smallest absolute Gasteiger partial charge is 0.307 e. The van der Waals surface area contributed by atoms with Crippen LogP contribution in [0.1, 0.15) is 5.56 Å². The van der Waals surface area contributed by atoms with Crippen LogP contribution < -0.4 is 9.80 Å². The van der Waals surface area contributed by atoms with Gasteiger partial charge in [0.2, 0.25) is 0 Å². The van der Waals surface area contributed by atoms with E-state index in [0.717, 1.165) is 32.3 Å². The molecule has 0 N–H and O–H groups in total. The summed E-state index contributed by atoms with van der Waals surface area (Å²) in [6.07, 6.45) is -10.3. The second kappa shape index (κ2) is 6.09. The fourth-order valence-electron chi connectivity index (χ4n) is 1.94. The fraction of sp³-hybridized carbons (Fsp3) is 0.385. The van der Waals surface area contributed by atoms with E-state index in [9.17, 15) is 35.9 Å². The molecule has 0 heterocycles. The lowest BCUT2D eigenvalue weighted by molar-refractivity contribution is -0.170. The van der Waals surface area contributed by atoms with Gasteiger partial charge in [-0.05, 0) is 24.6 Å². The number of hydrogen-bond acceptors (Lipinski definition) is 2. The molecule has 0 saturated heterocycles. The first-order valence-corrected chi connectivity index (χ1v) is 6.08. The van der Waals surface area contributed by atoms with Crippen LogP contribution in [0.15, 0.2) is 18.2 Å². The molecule has 0 bridgehead atoms. The van der Waals surface area contributed by atoms with Gasteiger partial charge in [0.05, 0.1) is 0 Å². The highest BCUT2D eigenvalue weighted by Crippen LogP contribution is 2.32. The first-order valence-electron chi connectivity index (χ1n) is 6.08. The summed E-state index contributed by atoms with van der Waals surface area (Å²) in [6.45, 7) is 1.21. The van der Waals surface area contributed by atoms with E-state index in [1.54, 1.807) is 0 Å². The first-order chi connectivity index (χ1) is 10.3. The van der Waals surface area contributed by atoms with Gasteiger partial charge >= 0.3 is 24.2 Å². The summed E-state index contributed by atoms with van der Waals surface area (Å²) < 4.78 is 74.7. The van der Waals surface area contributed by atoms with E-state index in [1.807, 2.05) is 0 Å². The number of nitrogens with zero attached hydrogens (tertiary/aromatic N) is 2. The van der Waals surface area contributed by atoms with Crippen LogP contribution in [0.25, 0.3) is 0 Å². The zero-order valence-corrected chi connectivity index (χ0v) is 12.2. The predicted molar refractivity (Wildman–Crippen MR) is 70.1 cm³/mol. The van der Waals surface area contributed by atoms with Crippen LogP contribution in [-0.2, 0) is 9.59 Å². The summed E-state index contributed by atoms with van der Waals surface area (Å²) in [7, 11) is 1.68. The fourth-order valence-corrected chi connectivity index (χ4v) is 1.94. The van der Waals surface area contributed by atoms with Crippen molar-refractivity contribution in [3.63, 3.8) is 0 Å². The van der Waals surface area contributed by atoms with Gasteiger partial charge in [0, 0.05) is 25.5 Å². The van der Waals surface area contributed by atoms with E-state index in [2.05, 4.69) is 0 Å². The average Bonchev–Trinajstić information content (AvgIpc) is 2.42. The van der Waals surface area contributed by atoms with Gasteiger partial charge in [-0.15, -0.1) is 0 Å². The third-order valence-corrected chi connectivity index (χ3v) is 3.09. The molecule has 1 aromatic carbocycles. The summed E-state index contributed by atoms with van der Waals surface area (Å²) in [5.41, 5.74) is -0.592. The first kappa shape index (κ1) is 18.8. The van der Waals surface area contributed by atoms with E-state index in [0.29, 0.717) is 0 Å². The van der Waals surface area contributed by atoms with Crippen molar-refractivity contribution in [3.05, 3.63) is 23.8 Å². The maximum atomic E-state index is 12.5. The van der Waals surface area contributed by atoms with Crippen LogP contribution in [0, 0.1) is 6.92 Å². The van der Waals surface area contributed by atoms with Crippen molar-refractivity contribution >= 4 is 23.2 Å². The van der Waals surface area contributed by atoms with Crippen molar-refractivity contribution in [2.45, 2.75) is 19.3 Å². The number of amides is 2. The number of carbonyl (C=O) groups excluding carboxylic acids is 2. The van der Waals surface area contributed by atoms with Gasteiger partial charge in [0.1, 0.15) is 0 Å². The minimum Gasteiger partial charge on any atom is -0.307 e. The van der Waals surface area contributed by atoms with Crippen molar-refractivity contribution in [1.82, 2.24) is 0 Å². The van der Waals surface area contributed by atoms with Gasteiger partial charge < -0.3 is 9.80 Å². The molecule has 0 radical (unpaired) electrons. The minimum atomic E-state index is -5.13. The molecule has 2 amide bonds. The number of anilines is 2. The maximum absolute atomic E-state index is 12.5. The highest BCUT2D eigenvalue weighted by molar-refractivity contribution is 6.01. The van der Waals surface area contributed by atoms with E-state index < -0.39 is 24.2 Å². The molecule has 0 atom stereocenters. The quantitative estimate of drug-likeness (QED) is 0.775. The van der Waals surface area contributed by atoms with Crippen LogP contribution in [0.3, 0.4) is 0 Å². The number of benzene rings is 1. The Hall–Kier alpha value is -2.26. The topological polar surface area (TPSA) is 40.6 Å². The number of hydrogen-bond donors (Lipinski definition) is 0. The summed E-state index contributed by atoms with van der Waals surface area (Å²) in [4.78, 5) is 23.0. The van der Waals surface area contributed by atoms with Gasteiger partial charge in [-0.1, -0.05) is 6.07 Å². The van der Waals surface area contributed by atoms with Crippen LogP contribution >= 0.6 is 0 Å². The molecule has 0 saturated carbocycles. The SMILES string of the molecule is Cc1c(N(C)C(=O)C(F)(F)F)cccc1N(C)C(=O)C(F)(F)F. The van der Waals surface area contributed by atoms with Crippen molar-refractivity contribution in [2.75, 3.05) is 23.9 Å². The molecular weight excluding hydrogens is 330 g/mol. The summed E-state index contributed by atoms with van der Waals surface area (Å²) >= 11 is 0. The molecule has 0 aromatic heterocycles. The molecule has 0 fully saturated rings. The Bertz CT molecular complexity index is 574. The maximum Gasteiger partial charge on any atom is 0.471 e. The van der Waals surface area contributed by atoms with Crippen LogP contribution in [0.4, 0.5) is 37.7 Å². The zero-order valence-electron chi connectivity index (χ0n) is 12.2. The molecule has 0 unspecified atom stereocenters. The van der Waals surface area contributed by atoms with E-state index in [4.69, 9.17) is 0 Å². The van der Waals surface area contributed by atoms with Gasteiger partial charge in [-0.3, -0.25) is 9.59 Å². The summed E-state index contributed by atoms with van der Waals surface area (Å²) in [5, 5.41) is 0. The average molecular weight is 342 g/mol. The van der Waals surface area contributed by atoms with Gasteiger partial charge in [-0.25, -0.2) is 0 Å². The van der Waals surface area contributed by atoms with E-state index in [-0.39, 0.29) is 26.7 Å². The summed E-state index contributed by atoms with van der Waals surface area (Å²) in [6, 6.07) is 3.42. The molecule has 128 valence electrons. The Morgan fingerprint density at radius 2 is 1.13 bits per heavy atom. The third-order valence-electron chi connectivity index (χ3n) is 3.09. The number of rotatable bonds is 2. The highest BCUT2D eigenvalue weighted by atomic mass is 19.4. The number of halogens is 6. The predicted octanol–water partition coefficient (Wildman–Crippen LogP) is 3.05. The van der Waals surface area contributed by atoms with E-state index >= 15 is 0 Å². The molecule has 0 aliphatic rings. The summed E-state index contributed by atoms with van der Waals surface area (Å²) in [5.74, 6) is -4.36. The van der Waals surface area contributed by atoms with Gasteiger partial charge in [0.15, 0.2) is 0 Å². The standard InChI is InChI=1S/C13H12F6N2O2/c1-7-8(20(2)10(22)12(14,15)16)5-4-6-9(7)21(3)11(23)13(17,18)19/h4-6H,1-3H3. The monoisotopic (exact) mass is 342 g/mol. The second-order valence-corrected chi connectivity index (χ2v) is 4.65. The lowest BCUT2D eigenvalue weighted by Crippen LogP contribution is -2.40.